The molecule has 0 saturated heterocycles. The van der Waals surface area contributed by atoms with Crippen LogP contribution < -0.4 is 15.2 Å². The summed E-state index contributed by atoms with van der Waals surface area (Å²) in [7, 11) is 0. The van der Waals surface area contributed by atoms with E-state index in [0.717, 1.165) is 19.1 Å². The van der Waals surface area contributed by atoms with Gasteiger partial charge in [-0.25, -0.2) is 0 Å². The third-order valence-corrected chi connectivity index (χ3v) is 2.55. The Morgan fingerprint density at radius 1 is 1.35 bits per heavy atom. The molecule has 5 heteroatoms. The summed E-state index contributed by atoms with van der Waals surface area (Å²) in [6, 6.07) is 5.09. The summed E-state index contributed by atoms with van der Waals surface area (Å²) in [5.74, 6) is 2.19. The number of aldehydes is 1. The second-order valence-corrected chi connectivity index (χ2v) is 3.96. The quantitative estimate of drug-likeness (QED) is 0.462. The summed E-state index contributed by atoms with van der Waals surface area (Å²) in [6.07, 6.45) is 3.08. The molecule has 1 saturated carbocycles. The molecular formula is C12H14N2O3. The number of carbonyl (C=O) groups is 1. The van der Waals surface area contributed by atoms with Crippen LogP contribution in [0.4, 0.5) is 0 Å². The van der Waals surface area contributed by atoms with Crippen molar-refractivity contribution < 1.29 is 14.3 Å². The van der Waals surface area contributed by atoms with Gasteiger partial charge in [0.1, 0.15) is 6.29 Å². The second-order valence-electron chi connectivity index (χ2n) is 3.96. The lowest BCUT2D eigenvalue weighted by Crippen LogP contribution is -2.10. The van der Waals surface area contributed by atoms with Crippen molar-refractivity contribution in [3.05, 3.63) is 23.8 Å². The average Bonchev–Trinajstić information content (AvgIpc) is 3.08. The fraction of sp³-hybridized carbons (Fsp3) is 0.333. The fourth-order valence-electron chi connectivity index (χ4n) is 1.38. The first-order valence-corrected chi connectivity index (χ1v) is 5.39. The molecule has 1 aliphatic heterocycles. The third-order valence-electron chi connectivity index (χ3n) is 2.55. The molecule has 1 aromatic rings. The zero-order chi connectivity index (χ0) is 12.3. The van der Waals surface area contributed by atoms with Crippen molar-refractivity contribution in [1.82, 2.24) is 0 Å². The van der Waals surface area contributed by atoms with Crippen molar-refractivity contribution in [1.29, 1.82) is 5.41 Å². The van der Waals surface area contributed by atoms with E-state index < -0.39 is 0 Å². The third kappa shape index (κ3) is 2.96. The predicted octanol–water partition coefficient (Wildman–Crippen LogP) is 1.56. The van der Waals surface area contributed by atoms with Crippen LogP contribution in [-0.2, 0) is 0 Å². The Balaban J connectivity index is 0.000000153. The van der Waals surface area contributed by atoms with E-state index in [-0.39, 0.29) is 6.79 Å². The van der Waals surface area contributed by atoms with E-state index in [1.165, 1.54) is 0 Å². The molecule has 0 amide bonds. The van der Waals surface area contributed by atoms with E-state index in [4.69, 9.17) is 20.6 Å². The van der Waals surface area contributed by atoms with Gasteiger partial charge in [0.05, 0.1) is 5.84 Å². The summed E-state index contributed by atoms with van der Waals surface area (Å²) >= 11 is 0. The van der Waals surface area contributed by atoms with Crippen molar-refractivity contribution in [3.8, 4) is 11.5 Å². The van der Waals surface area contributed by atoms with E-state index in [0.29, 0.717) is 28.8 Å². The van der Waals surface area contributed by atoms with Crippen molar-refractivity contribution in [3.63, 3.8) is 0 Å². The number of nitrogens with one attached hydrogen (secondary N) is 1. The van der Waals surface area contributed by atoms with Crippen LogP contribution in [0, 0.1) is 11.3 Å². The van der Waals surface area contributed by atoms with Gasteiger partial charge in [0.15, 0.2) is 11.5 Å². The van der Waals surface area contributed by atoms with Gasteiger partial charge >= 0.3 is 0 Å². The lowest BCUT2D eigenvalue weighted by molar-refractivity contribution is 0.112. The van der Waals surface area contributed by atoms with Crippen LogP contribution in [-0.4, -0.2) is 18.9 Å². The van der Waals surface area contributed by atoms with Gasteiger partial charge in [0.2, 0.25) is 6.79 Å². The molecule has 3 N–H and O–H groups in total. The molecular weight excluding hydrogens is 220 g/mol. The molecule has 90 valence electrons. The number of benzene rings is 1. The lowest BCUT2D eigenvalue weighted by Gasteiger charge is -1.94. The van der Waals surface area contributed by atoms with Crippen molar-refractivity contribution in [2.45, 2.75) is 12.8 Å². The summed E-state index contributed by atoms with van der Waals surface area (Å²) in [6.45, 7) is 0.248. The molecule has 5 nitrogen and oxygen atoms in total. The topological polar surface area (TPSA) is 85.4 Å². The first kappa shape index (κ1) is 11.4. The van der Waals surface area contributed by atoms with Crippen molar-refractivity contribution in [2.75, 3.05) is 6.79 Å². The van der Waals surface area contributed by atoms with E-state index in [1.54, 1.807) is 18.2 Å². The van der Waals surface area contributed by atoms with Crippen LogP contribution in [0.25, 0.3) is 0 Å². The van der Waals surface area contributed by atoms with Gasteiger partial charge in [-0.1, -0.05) is 0 Å². The Morgan fingerprint density at radius 2 is 2.06 bits per heavy atom. The van der Waals surface area contributed by atoms with Gasteiger partial charge in [-0.2, -0.15) is 0 Å². The van der Waals surface area contributed by atoms with E-state index in [2.05, 4.69) is 0 Å². The predicted molar refractivity (Wildman–Crippen MR) is 62.6 cm³/mol. The van der Waals surface area contributed by atoms with Crippen LogP contribution in [0.1, 0.15) is 23.2 Å². The molecule has 1 aromatic carbocycles. The maximum atomic E-state index is 10.3. The molecule has 0 aromatic heterocycles. The average molecular weight is 234 g/mol. The SMILES string of the molecule is N=C(N)C1CC1.O=Cc1ccc2c(c1)OCO2. The smallest absolute Gasteiger partial charge is 0.231 e. The second kappa shape index (κ2) is 4.86. The van der Waals surface area contributed by atoms with E-state index in [1.807, 2.05) is 0 Å². The summed E-state index contributed by atoms with van der Waals surface area (Å²) in [5.41, 5.74) is 5.69. The Kier molecular flexibility index (Phi) is 3.27. The summed E-state index contributed by atoms with van der Waals surface area (Å²) < 4.78 is 10.1. The number of rotatable bonds is 2. The molecule has 2 aliphatic rings. The molecule has 17 heavy (non-hydrogen) atoms. The fourth-order valence-corrected chi connectivity index (χ4v) is 1.38. The number of fused-ring (bicyclic) bond motifs is 1. The molecule has 1 fully saturated rings. The maximum absolute atomic E-state index is 10.3. The molecule has 1 aliphatic carbocycles. The van der Waals surface area contributed by atoms with Crippen LogP contribution >= 0.6 is 0 Å². The van der Waals surface area contributed by atoms with Crippen LogP contribution in [0.5, 0.6) is 11.5 Å². The van der Waals surface area contributed by atoms with Crippen LogP contribution in [0.3, 0.4) is 0 Å². The Labute approximate surface area is 99.0 Å². The number of hydrogen-bond acceptors (Lipinski definition) is 4. The number of nitrogens with two attached hydrogens (primary N) is 1. The molecule has 0 atom stereocenters. The molecule has 3 rings (SSSR count). The van der Waals surface area contributed by atoms with Gasteiger partial charge in [-0.3, -0.25) is 10.2 Å². The highest BCUT2D eigenvalue weighted by atomic mass is 16.7. The van der Waals surface area contributed by atoms with Gasteiger partial charge in [-0.15, -0.1) is 0 Å². The monoisotopic (exact) mass is 234 g/mol. The largest absolute Gasteiger partial charge is 0.454 e. The molecule has 0 radical (unpaired) electrons. The normalized spacial score (nSPS) is 15.8. The Hall–Kier alpha value is -2.04. The number of ether oxygens (including phenoxy) is 2. The van der Waals surface area contributed by atoms with Crippen LogP contribution in [0.2, 0.25) is 0 Å². The first-order chi connectivity index (χ1) is 8.20. The van der Waals surface area contributed by atoms with Gasteiger partial charge in [0, 0.05) is 11.5 Å². The molecule has 0 bridgehead atoms. The minimum Gasteiger partial charge on any atom is -0.454 e. The molecule has 1 heterocycles. The van der Waals surface area contributed by atoms with Gasteiger partial charge < -0.3 is 15.2 Å². The first-order valence-electron chi connectivity index (χ1n) is 5.39. The zero-order valence-corrected chi connectivity index (χ0v) is 9.31. The zero-order valence-electron chi connectivity index (χ0n) is 9.31. The van der Waals surface area contributed by atoms with Crippen molar-refractivity contribution >= 4 is 12.1 Å². The summed E-state index contributed by atoms with van der Waals surface area (Å²) in [5, 5.41) is 6.79. The lowest BCUT2D eigenvalue weighted by atomic mass is 10.2. The number of hydrogen-bond donors (Lipinski definition) is 2. The maximum Gasteiger partial charge on any atom is 0.231 e. The van der Waals surface area contributed by atoms with E-state index in [9.17, 15) is 4.79 Å². The van der Waals surface area contributed by atoms with Gasteiger partial charge in [0.25, 0.3) is 0 Å². The van der Waals surface area contributed by atoms with Crippen molar-refractivity contribution in [2.24, 2.45) is 11.7 Å². The van der Waals surface area contributed by atoms with Crippen LogP contribution in [0.15, 0.2) is 18.2 Å². The highest BCUT2D eigenvalue weighted by Crippen LogP contribution is 2.31. The number of carbonyl (C=O) groups excluding carboxylic acids is 1. The van der Waals surface area contributed by atoms with Gasteiger partial charge in [-0.05, 0) is 31.0 Å². The highest BCUT2D eigenvalue weighted by Gasteiger charge is 2.23. The minimum absolute atomic E-state index is 0.248. The summed E-state index contributed by atoms with van der Waals surface area (Å²) in [4.78, 5) is 10.3. The highest BCUT2D eigenvalue weighted by molar-refractivity contribution is 5.81. The molecule has 0 spiro atoms. The Bertz CT molecular complexity index is 441. The van der Waals surface area contributed by atoms with E-state index >= 15 is 0 Å². The minimum atomic E-state index is 0.248. The Morgan fingerprint density at radius 3 is 2.59 bits per heavy atom. The number of amidine groups is 1. The molecule has 0 unspecified atom stereocenters. The standard InChI is InChI=1S/C8H6O3.C4H8N2/c9-4-6-1-2-7-8(3-6)11-5-10-7;5-4(6)3-1-2-3/h1-4H,5H2;3H,1-2H2,(H3,5,6).